The summed E-state index contributed by atoms with van der Waals surface area (Å²) in [6, 6.07) is 0. The number of carbonyl (C=O) groups is 1. The van der Waals surface area contributed by atoms with Gasteiger partial charge in [0.05, 0.1) is 6.61 Å². The molecule has 2 spiro atoms. The van der Waals surface area contributed by atoms with Gasteiger partial charge in [-0.1, -0.05) is 20.8 Å². The molecule has 2 nitrogen and oxygen atoms in total. The number of fused-ring (bicyclic) bond motifs is 1. The van der Waals surface area contributed by atoms with Crippen molar-refractivity contribution in [1.29, 1.82) is 0 Å². The molecule has 0 N–H and O–H groups in total. The molecule has 2 unspecified atom stereocenters. The predicted octanol–water partition coefficient (Wildman–Crippen LogP) is 2.81. The van der Waals surface area contributed by atoms with Gasteiger partial charge in [-0.3, -0.25) is 4.79 Å². The van der Waals surface area contributed by atoms with Crippen molar-refractivity contribution in [3.05, 3.63) is 0 Å². The summed E-state index contributed by atoms with van der Waals surface area (Å²) in [5, 5.41) is 0. The summed E-state index contributed by atoms with van der Waals surface area (Å²) in [7, 11) is 0. The molecule has 1 saturated heterocycles. The molecule has 0 radical (unpaired) electrons. The smallest absolute Gasteiger partial charge is 0.167 e. The van der Waals surface area contributed by atoms with E-state index in [0.29, 0.717) is 18.3 Å². The first-order chi connectivity index (χ1) is 7.50. The van der Waals surface area contributed by atoms with E-state index in [1.165, 1.54) is 19.3 Å². The topological polar surface area (TPSA) is 29.6 Å². The summed E-state index contributed by atoms with van der Waals surface area (Å²) < 4.78 is 5.68. The quantitative estimate of drug-likeness (QED) is 0.590. The maximum atomic E-state index is 12.1. The maximum absolute atomic E-state index is 12.1. The van der Waals surface area contributed by atoms with Gasteiger partial charge in [-0.15, -0.1) is 0 Å². The first-order valence-electron chi connectivity index (χ1n) is 6.67. The third-order valence-electron chi connectivity index (χ3n) is 5.35. The number of ketones is 1. The van der Waals surface area contributed by atoms with Crippen LogP contribution in [0.25, 0.3) is 0 Å². The van der Waals surface area contributed by atoms with E-state index < -0.39 is 0 Å². The van der Waals surface area contributed by atoms with Gasteiger partial charge < -0.3 is 4.74 Å². The Labute approximate surface area is 97.7 Å². The molecule has 16 heavy (non-hydrogen) atoms. The lowest BCUT2D eigenvalue weighted by molar-refractivity contribution is -0.125. The van der Waals surface area contributed by atoms with Crippen molar-refractivity contribution in [3.63, 3.8) is 0 Å². The molecular formula is C14H22O2. The van der Waals surface area contributed by atoms with Gasteiger partial charge in [0.15, 0.2) is 11.4 Å². The SMILES string of the molecule is CC1CC(=O)[C@@]2(CO2)C12C[C@H](C)C[C@H](C)C2. The van der Waals surface area contributed by atoms with E-state index in [9.17, 15) is 4.79 Å². The zero-order valence-electron chi connectivity index (χ0n) is 10.6. The summed E-state index contributed by atoms with van der Waals surface area (Å²) in [6.45, 7) is 7.64. The third kappa shape index (κ3) is 1.14. The fourth-order valence-electron chi connectivity index (χ4n) is 4.75. The van der Waals surface area contributed by atoms with Crippen LogP contribution in [-0.4, -0.2) is 18.0 Å². The molecule has 0 amide bonds. The third-order valence-corrected chi connectivity index (χ3v) is 5.35. The van der Waals surface area contributed by atoms with Crippen LogP contribution < -0.4 is 0 Å². The second kappa shape index (κ2) is 3.10. The van der Waals surface area contributed by atoms with Crippen LogP contribution in [0.3, 0.4) is 0 Å². The number of carbonyl (C=O) groups excluding carboxylic acids is 1. The van der Waals surface area contributed by atoms with E-state index in [4.69, 9.17) is 4.74 Å². The summed E-state index contributed by atoms with van der Waals surface area (Å²) in [6.07, 6.45) is 4.46. The average molecular weight is 222 g/mol. The zero-order valence-corrected chi connectivity index (χ0v) is 10.6. The molecule has 90 valence electrons. The van der Waals surface area contributed by atoms with Crippen molar-refractivity contribution < 1.29 is 9.53 Å². The monoisotopic (exact) mass is 222 g/mol. The molecule has 2 aliphatic carbocycles. The van der Waals surface area contributed by atoms with Gasteiger partial charge in [0, 0.05) is 11.8 Å². The molecule has 3 rings (SSSR count). The van der Waals surface area contributed by atoms with E-state index in [1.807, 2.05) is 0 Å². The largest absolute Gasteiger partial charge is 0.361 e. The minimum Gasteiger partial charge on any atom is -0.361 e. The van der Waals surface area contributed by atoms with Crippen molar-refractivity contribution in [2.75, 3.05) is 6.61 Å². The van der Waals surface area contributed by atoms with Crippen molar-refractivity contribution >= 4 is 5.78 Å². The van der Waals surface area contributed by atoms with Crippen LogP contribution >= 0.6 is 0 Å². The second-order valence-electron chi connectivity index (χ2n) is 6.65. The number of epoxide rings is 1. The first-order valence-corrected chi connectivity index (χ1v) is 6.67. The van der Waals surface area contributed by atoms with Gasteiger partial charge in [-0.05, 0) is 37.0 Å². The van der Waals surface area contributed by atoms with Crippen molar-refractivity contribution in [2.45, 2.75) is 52.1 Å². The number of Topliss-reactive ketones (excluding diaryl/α,β-unsaturated/α-hetero) is 1. The van der Waals surface area contributed by atoms with E-state index >= 15 is 0 Å². The number of ether oxygens (including phenoxy) is 1. The fraction of sp³-hybridized carbons (Fsp3) is 0.929. The molecule has 0 aromatic rings. The summed E-state index contributed by atoms with van der Waals surface area (Å²) in [5.41, 5.74) is -0.156. The van der Waals surface area contributed by atoms with Crippen molar-refractivity contribution in [2.24, 2.45) is 23.2 Å². The van der Waals surface area contributed by atoms with Crippen LogP contribution in [0.2, 0.25) is 0 Å². The summed E-state index contributed by atoms with van der Waals surface area (Å²) >= 11 is 0. The molecule has 3 aliphatic rings. The fourth-order valence-corrected chi connectivity index (χ4v) is 4.75. The van der Waals surface area contributed by atoms with Crippen LogP contribution in [-0.2, 0) is 9.53 Å². The first kappa shape index (κ1) is 10.8. The van der Waals surface area contributed by atoms with E-state index in [-0.39, 0.29) is 11.0 Å². The minimum atomic E-state index is -0.338. The van der Waals surface area contributed by atoms with Gasteiger partial charge in [0.1, 0.15) is 0 Å². The molecule has 1 aliphatic heterocycles. The average Bonchev–Trinajstić information content (AvgIpc) is 2.93. The summed E-state index contributed by atoms with van der Waals surface area (Å²) in [5.74, 6) is 2.41. The Bertz CT molecular complexity index is 320. The lowest BCUT2D eigenvalue weighted by atomic mass is 9.58. The molecule has 2 saturated carbocycles. The van der Waals surface area contributed by atoms with E-state index in [1.54, 1.807) is 0 Å². The molecule has 5 atom stereocenters. The van der Waals surface area contributed by atoms with Crippen LogP contribution in [0.4, 0.5) is 0 Å². The zero-order chi connectivity index (χ0) is 11.6. The molecule has 0 bridgehead atoms. The standard InChI is InChI=1S/C14H22O2/c1-9-4-10(2)7-13(6-9)11(3)5-12(15)14(13)8-16-14/h9-11H,4-8H2,1-3H3/t9-,10+,11?,13?,14-/m0/s1. The Morgan fingerprint density at radius 1 is 1.19 bits per heavy atom. The highest BCUT2D eigenvalue weighted by molar-refractivity contribution is 5.93. The Morgan fingerprint density at radius 2 is 1.75 bits per heavy atom. The second-order valence-corrected chi connectivity index (χ2v) is 6.65. The Balaban J connectivity index is 1.99. The highest BCUT2D eigenvalue weighted by Crippen LogP contribution is 2.64. The molecule has 3 fully saturated rings. The van der Waals surface area contributed by atoms with Gasteiger partial charge >= 0.3 is 0 Å². The van der Waals surface area contributed by atoms with E-state index in [0.717, 1.165) is 18.3 Å². The number of hydrogen-bond acceptors (Lipinski definition) is 2. The number of rotatable bonds is 0. The normalized spacial score (nSPS) is 56.2. The maximum Gasteiger partial charge on any atom is 0.167 e. The van der Waals surface area contributed by atoms with Crippen LogP contribution in [0.1, 0.15) is 46.5 Å². The Morgan fingerprint density at radius 3 is 2.25 bits per heavy atom. The Hall–Kier alpha value is -0.370. The summed E-state index contributed by atoms with van der Waals surface area (Å²) in [4.78, 5) is 12.1. The highest BCUT2D eigenvalue weighted by Gasteiger charge is 2.72. The molecule has 2 heteroatoms. The van der Waals surface area contributed by atoms with E-state index in [2.05, 4.69) is 20.8 Å². The molecule has 0 aromatic heterocycles. The van der Waals surface area contributed by atoms with Crippen LogP contribution in [0, 0.1) is 23.2 Å². The van der Waals surface area contributed by atoms with Gasteiger partial charge in [-0.2, -0.15) is 0 Å². The lowest BCUT2D eigenvalue weighted by Gasteiger charge is -2.45. The number of hydrogen-bond donors (Lipinski definition) is 0. The van der Waals surface area contributed by atoms with Gasteiger partial charge in [-0.25, -0.2) is 0 Å². The molecule has 1 heterocycles. The van der Waals surface area contributed by atoms with Gasteiger partial charge in [0.2, 0.25) is 0 Å². The molecular weight excluding hydrogens is 200 g/mol. The predicted molar refractivity (Wildman–Crippen MR) is 62.1 cm³/mol. The van der Waals surface area contributed by atoms with Crippen molar-refractivity contribution in [3.8, 4) is 0 Å². The Kier molecular flexibility index (Phi) is 2.08. The highest BCUT2D eigenvalue weighted by atomic mass is 16.6. The minimum absolute atomic E-state index is 0.182. The lowest BCUT2D eigenvalue weighted by Crippen LogP contribution is -2.45. The van der Waals surface area contributed by atoms with Crippen LogP contribution in [0.5, 0.6) is 0 Å². The molecule has 0 aromatic carbocycles. The van der Waals surface area contributed by atoms with Gasteiger partial charge in [0.25, 0.3) is 0 Å². The van der Waals surface area contributed by atoms with Crippen LogP contribution in [0.15, 0.2) is 0 Å². The van der Waals surface area contributed by atoms with Crippen molar-refractivity contribution in [1.82, 2.24) is 0 Å².